The first-order valence-electron chi connectivity index (χ1n) is 11.4. The Labute approximate surface area is 218 Å². The summed E-state index contributed by atoms with van der Waals surface area (Å²) in [5, 5.41) is 16.1. The van der Waals surface area contributed by atoms with Crippen LogP contribution in [-0.4, -0.2) is 47.2 Å². The highest BCUT2D eigenvalue weighted by Crippen LogP contribution is 2.40. The lowest BCUT2D eigenvalue weighted by Gasteiger charge is -2.36. The second kappa shape index (κ2) is 12.7. The zero-order chi connectivity index (χ0) is 25.9. The van der Waals surface area contributed by atoms with Gasteiger partial charge in [-0.15, -0.1) is 0 Å². The van der Waals surface area contributed by atoms with Crippen LogP contribution >= 0.6 is 11.5 Å². The van der Waals surface area contributed by atoms with Crippen LogP contribution in [0.5, 0.6) is 0 Å². The quantitative estimate of drug-likeness (QED) is 0.0861. The molecule has 0 fully saturated rings. The third-order valence-electron chi connectivity index (χ3n) is 5.57. The molecule has 1 unspecified atom stereocenters. The van der Waals surface area contributed by atoms with Crippen molar-refractivity contribution in [2.24, 2.45) is 5.16 Å². The highest BCUT2D eigenvalue weighted by molar-refractivity contribution is 7.09. The molecule has 0 saturated carbocycles. The predicted molar refractivity (Wildman–Crippen MR) is 141 cm³/mol. The SMILES string of the molecule is COC(COCON=CC(=O)O)c1nsc(NC(c2ccccc2)(c2ccccc2)c2ccccc2)n1. The number of carboxylic acids is 1. The number of benzene rings is 3. The van der Waals surface area contributed by atoms with E-state index in [4.69, 9.17) is 24.4 Å². The lowest BCUT2D eigenvalue weighted by molar-refractivity contribution is -0.129. The van der Waals surface area contributed by atoms with Crippen LogP contribution in [0.3, 0.4) is 0 Å². The normalized spacial score (nSPS) is 12.4. The van der Waals surface area contributed by atoms with E-state index in [0.717, 1.165) is 16.7 Å². The van der Waals surface area contributed by atoms with Crippen LogP contribution in [0.4, 0.5) is 5.13 Å². The van der Waals surface area contributed by atoms with Crippen molar-refractivity contribution in [1.82, 2.24) is 9.36 Å². The van der Waals surface area contributed by atoms with Gasteiger partial charge in [0.15, 0.2) is 12.0 Å². The third-order valence-corrected chi connectivity index (χ3v) is 6.22. The number of aliphatic carboxylic acids is 1. The van der Waals surface area contributed by atoms with E-state index in [2.05, 4.69) is 51.2 Å². The molecule has 0 aliphatic rings. The summed E-state index contributed by atoms with van der Waals surface area (Å²) in [4.78, 5) is 19.9. The first kappa shape index (κ1) is 26.0. The Kier molecular flexibility index (Phi) is 8.93. The van der Waals surface area contributed by atoms with Gasteiger partial charge in [-0.25, -0.2) is 9.78 Å². The molecule has 0 aliphatic carbocycles. The van der Waals surface area contributed by atoms with Crippen molar-refractivity contribution in [2.75, 3.05) is 25.8 Å². The minimum absolute atomic E-state index is 0.0937. The molecule has 1 atom stereocenters. The van der Waals surface area contributed by atoms with Gasteiger partial charge in [0, 0.05) is 18.6 Å². The zero-order valence-corrected chi connectivity index (χ0v) is 20.9. The molecular formula is C27H26N4O5S. The van der Waals surface area contributed by atoms with Crippen LogP contribution in [0, 0.1) is 0 Å². The minimum atomic E-state index is -1.21. The van der Waals surface area contributed by atoms with Crippen LogP contribution in [0.25, 0.3) is 0 Å². The van der Waals surface area contributed by atoms with E-state index in [1.165, 1.54) is 18.6 Å². The predicted octanol–water partition coefficient (Wildman–Crippen LogP) is 4.69. The van der Waals surface area contributed by atoms with E-state index in [1.807, 2.05) is 54.6 Å². The molecule has 1 aromatic heterocycles. The van der Waals surface area contributed by atoms with E-state index in [1.54, 1.807) is 0 Å². The lowest BCUT2D eigenvalue weighted by atomic mass is 9.77. The Morgan fingerprint density at radius 2 is 1.54 bits per heavy atom. The fourth-order valence-corrected chi connectivity index (χ4v) is 4.58. The number of anilines is 1. The number of carbonyl (C=O) groups is 1. The molecule has 4 rings (SSSR count). The number of ether oxygens (including phenoxy) is 2. The second-order valence-electron chi connectivity index (χ2n) is 7.85. The topological polar surface area (TPSA) is 115 Å². The van der Waals surface area contributed by atoms with Crippen molar-refractivity contribution >= 4 is 28.8 Å². The van der Waals surface area contributed by atoms with E-state index in [9.17, 15) is 4.79 Å². The van der Waals surface area contributed by atoms with Crippen LogP contribution in [0.1, 0.15) is 28.6 Å². The maximum absolute atomic E-state index is 10.4. The average Bonchev–Trinajstić information content (AvgIpc) is 3.41. The van der Waals surface area contributed by atoms with Gasteiger partial charge in [0.1, 0.15) is 11.6 Å². The monoisotopic (exact) mass is 518 g/mol. The number of hydrogen-bond donors (Lipinski definition) is 2. The smallest absolute Gasteiger partial charge is 0.350 e. The number of nitrogens with one attached hydrogen (secondary N) is 1. The molecular weight excluding hydrogens is 492 g/mol. The number of carboxylic acid groups (broad SMARTS) is 1. The van der Waals surface area contributed by atoms with Crippen LogP contribution in [0.15, 0.2) is 96.2 Å². The molecule has 0 radical (unpaired) electrons. The number of rotatable bonds is 13. The lowest BCUT2D eigenvalue weighted by Crippen LogP contribution is -2.38. The molecule has 37 heavy (non-hydrogen) atoms. The summed E-state index contributed by atoms with van der Waals surface area (Å²) in [5.74, 6) is -0.758. The first-order valence-corrected chi connectivity index (χ1v) is 12.2. The summed E-state index contributed by atoms with van der Waals surface area (Å²) in [7, 11) is 1.54. The Bertz CT molecular complexity index is 1190. The summed E-state index contributed by atoms with van der Waals surface area (Å²) in [6.07, 6.45) is 0.0775. The van der Waals surface area contributed by atoms with Gasteiger partial charge in [-0.1, -0.05) is 96.2 Å². The minimum Gasteiger partial charge on any atom is -0.477 e. The van der Waals surface area contributed by atoms with E-state index >= 15 is 0 Å². The molecule has 9 nitrogen and oxygen atoms in total. The van der Waals surface area contributed by atoms with Crippen LogP contribution < -0.4 is 5.32 Å². The third kappa shape index (κ3) is 6.36. The molecule has 10 heteroatoms. The number of methoxy groups -OCH3 is 1. The van der Waals surface area contributed by atoms with E-state index in [-0.39, 0.29) is 13.4 Å². The van der Waals surface area contributed by atoms with Crippen molar-refractivity contribution < 1.29 is 24.2 Å². The summed E-state index contributed by atoms with van der Waals surface area (Å²) >= 11 is 1.23. The fraction of sp³-hybridized carbons (Fsp3) is 0.185. The number of nitrogens with zero attached hydrogens (tertiary/aromatic N) is 3. The maximum atomic E-state index is 10.4. The molecule has 3 aromatic carbocycles. The standard InChI is InChI=1S/C27H26N4O5S/c1-34-23(18-35-19-36-28-17-24(32)33)25-29-26(37-31-25)30-27(20-11-5-2-6-12-20,21-13-7-3-8-14-21)22-15-9-4-10-16-22/h2-17,23H,18-19H2,1H3,(H,32,33)(H,29,30,31). The number of aromatic nitrogens is 2. The molecule has 0 spiro atoms. The summed E-state index contributed by atoms with van der Waals surface area (Å²) in [6, 6.07) is 30.6. The second-order valence-corrected chi connectivity index (χ2v) is 8.60. The van der Waals surface area contributed by atoms with Crippen LogP contribution in [0.2, 0.25) is 0 Å². The molecule has 2 N–H and O–H groups in total. The molecule has 190 valence electrons. The van der Waals surface area contributed by atoms with Gasteiger partial charge in [0.05, 0.1) is 6.61 Å². The van der Waals surface area contributed by atoms with Crippen molar-refractivity contribution in [3.05, 3.63) is 114 Å². The van der Waals surface area contributed by atoms with E-state index < -0.39 is 17.6 Å². The van der Waals surface area contributed by atoms with Gasteiger partial charge in [-0.05, 0) is 16.7 Å². The zero-order valence-electron chi connectivity index (χ0n) is 20.1. The molecule has 4 aromatic rings. The van der Waals surface area contributed by atoms with Gasteiger partial charge < -0.3 is 24.7 Å². The Hall–Kier alpha value is -4.12. The Morgan fingerprint density at radius 3 is 2.03 bits per heavy atom. The largest absolute Gasteiger partial charge is 0.477 e. The van der Waals surface area contributed by atoms with Crippen molar-refractivity contribution in [3.63, 3.8) is 0 Å². The van der Waals surface area contributed by atoms with Crippen molar-refractivity contribution in [2.45, 2.75) is 11.6 Å². The molecule has 0 bridgehead atoms. The molecule has 1 heterocycles. The van der Waals surface area contributed by atoms with Gasteiger partial charge in [0.2, 0.25) is 11.9 Å². The highest BCUT2D eigenvalue weighted by Gasteiger charge is 2.37. The first-order chi connectivity index (χ1) is 18.1. The summed E-state index contributed by atoms with van der Waals surface area (Å²) in [6.45, 7) is -0.144. The average molecular weight is 519 g/mol. The molecule has 0 saturated heterocycles. The van der Waals surface area contributed by atoms with Crippen molar-refractivity contribution in [1.29, 1.82) is 0 Å². The van der Waals surface area contributed by atoms with Gasteiger partial charge in [-0.3, -0.25) is 0 Å². The fourth-order valence-electron chi connectivity index (χ4n) is 3.91. The number of oxime groups is 1. The van der Waals surface area contributed by atoms with E-state index in [0.29, 0.717) is 17.2 Å². The van der Waals surface area contributed by atoms with Crippen molar-refractivity contribution in [3.8, 4) is 0 Å². The molecule has 0 amide bonds. The highest BCUT2D eigenvalue weighted by atomic mass is 32.1. The number of hydrogen-bond acceptors (Lipinski definition) is 9. The maximum Gasteiger partial charge on any atom is 0.350 e. The van der Waals surface area contributed by atoms with Gasteiger partial charge >= 0.3 is 5.97 Å². The summed E-state index contributed by atoms with van der Waals surface area (Å²) < 4.78 is 15.4. The van der Waals surface area contributed by atoms with Crippen LogP contribution in [-0.2, 0) is 24.6 Å². The molecule has 0 aliphatic heterocycles. The summed E-state index contributed by atoms with van der Waals surface area (Å²) in [5.41, 5.74) is 2.43. The Balaban J connectivity index is 1.62. The van der Waals surface area contributed by atoms with Gasteiger partial charge in [-0.2, -0.15) is 4.37 Å². The van der Waals surface area contributed by atoms with Gasteiger partial charge in [0.25, 0.3) is 0 Å². The Morgan fingerprint density at radius 1 is 1.00 bits per heavy atom.